The molecule has 39 heavy (non-hydrogen) atoms. The lowest BCUT2D eigenvalue weighted by Crippen LogP contribution is -2.29. The lowest BCUT2D eigenvalue weighted by molar-refractivity contribution is -0.132. The largest absolute Gasteiger partial charge is 0.507 e. The van der Waals surface area contributed by atoms with E-state index in [9.17, 15) is 19.1 Å². The van der Waals surface area contributed by atoms with Crippen LogP contribution >= 0.6 is 11.3 Å². The second-order valence-corrected chi connectivity index (χ2v) is 10.1. The minimum absolute atomic E-state index is 0.105. The van der Waals surface area contributed by atoms with Crippen LogP contribution in [0.2, 0.25) is 0 Å². The fraction of sp³-hybridized carbons (Fsp3) is 0.233. The standard InChI is InChI=1S/C30H27FN2O5S/c1-3-4-5-15-38-22-8-6-7-19(16-22)26-25(27(34)18-9-11-20(31)12-10-18)28(35)29(36)33(26)30-32-23-14-13-21(37-2)17-24(23)39-30/h6-14,16-17,26,34H,3-5,15H2,1-2H3. The van der Waals surface area contributed by atoms with Gasteiger partial charge in [0.2, 0.25) is 0 Å². The molecule has 7 nitrogen and oxygen atoms in total. The van der Waals surface area contributed by atoms with Crippen molar-refractivity contribution in [2.75, 3.05) is 18.6 Å². The first-order chi connectivity index (χ1) is 18.9. The first-order valence-corrected chi connectivity index (χ1v) is 13.5. The van der Waals surface area contributed by atoms with Gasteiger partial charge in [-0.15, -0.1) is 0 Å². The van der Waals surface area contributed by atoms with Crippen LogP contribution in [-0.2, 0) is 9.59 Å². The number of halogens is 1. The van der Waals surface area contributed by atoms with E-state index in [0.29, 0.717) is 34.3 Å². The SMILES string of the molecule is CCCCCOc1cccc(C2C(=C(O)c3ccc(F)cc3)C(=O)C(=O)N2c2nc3ccc(OC)cc3s2)c1. The number of hydrogen-bond acceptors (Lipinski definition) is 7. The number of Topliss-reactive ketones (excluding diaryl/α,β-unsaturated/α-hetero) is 1. The predicted molar refractivity (Wildman–Crippen MR) is 149 cm³/mol. The molecule has 5 rings (SSSR count). The zero-order valence-electron chi connectivity index (χ0n) is 21.5. The third-order valence-electron chi connectivity index (χ3n) is 6.54. The van der Waals surface area contributed by atoms with E-state index in [1.807, 2.05) is 12.1 Å². The third-order valence-corrected chi connectivity index (χ3v) is 7.56. The molecule has 1 unspecified atom stereocenters. The molecule has 1 fully saturated rings. The molecule has 3 aromatic carbocycles. The Balaban J connectivity index is 1.64. The highest BCUT2D eigenvalue weighted by Gasteiger charge is 2.48. The van der Waals surface area contributed by atoms with Gasteiger partial charge >= 0.3 is 5.91 Å². The Morgan fingerprint density at radius 3 is 2.59 bits per heavy atom. The zero-order valence-corrected chi connectivity index (χ0v) is 22.3. The highest BCUT2D eigenvalue weighted by atomic mass is 32.1. The summed E-state index contributed by atoms with van der Waals surface area (Å²) in [5, 5.41) is 11.6. The normalized spacial score (nSPS) is 16.7. The van der Waals surface area contributed by atoms with Gasteiger partial charge in [0.25, 0.3) is 5.78 Å². The Bertz CT molecular complexity index is 1560. The van der Waals surface area contributed by atoms with Crippen molar-refractivity contribution in [2.24, 2.45) is 0 Å². The third kappa shape index (κ3) is 5.22. The Morgan fingerprint density at radius 2 is 1.85 bits per heavy atom. The minimum Gasteiger partial charge on any atom is -0.507 e. The number of benzene rings is 3. The van der Waals surface area contributed by atoms with Crippen molar-refractivity contribution in [3.05, 3.63) is 89.2 Å². The fourth-order valence-electron chi connectivity index (χ4n) is 4.55. The zero-order chi connectivity index (χ0) is 27.5. The number of thiazole rings is 1. The summed E-state index contributed by atoms with van der Waals surface area (Å²) in [6, 6.07) is 16.6. The van der Waals surface area contributed by atoms with E-state index in [4.69, 9.17) is 9.47 Å². The summed E-state index contributed by atoms with van der Waals surface area (Å²) in [6.07, 6.45) is 3.01. The quantitative estimate of drug-likeness (QED) is 0.110. The maximum Gasteiger partial charge on any atom is 0.301 e. The average Bonchev–Trinajstić information content (AvgIpc) is 3.48. The second kappa shape index (κ2) is 11.2. The van der Waals surface area contributed by atoms with E-state index in [-0.39, 0.29) is 11.1 Å². The number of nitrogens with zero attached hydrogens (tertiary/aromatic N) is 2. The van der Waals surface area contributed by atoms with Crippen LogP contribution in [0.5, 0.6) is 11.5 Å². The molecule has 1 atom stereocenters. The molecule has 9 heteroatoms. The number of hydrogen-bond donors (Lipinski definition) is 1. The number of ether oxygens (including phenoxy) is 2. The van der Waals surface area contributed by atoms with Crippen molar-refractivity contribution in [3.8, 4) is 11.5 Å². The van der Waals surface area contributed by atoms with Crippen molar-refractivity contribution >= 4 is 44.1 Å². The summed E-state index contributed by atoms with van der Waals surface area (Å²) in [6.45, 7) is 2.65. The lowest BCUT2D eigenvalue weighted by Gasteiger charge is -2.23. The molecule has 0 saturated carbocycles. The number of carbonyl (C=O) groups excluding carboxylic acids is 2. The van der Waals surface area contributed by atoms with Crippen LogP contribution in [0.25, 0.3) is 16.0 Å². The number of unbranched alkanes of at least 4 members (excludes halogenated alkanes) is 2. The summed E-state index contributed by atoms with van der Waals surface area (Å²) in [4.78, 5) is 32.9. The number of ketones is 1. The molecule has 1 aliphatic heterocycles. The summed E-state index contributed by atoms with van der Waals surface area (Å²) < 4.78 is 25.6. The van der Waals surface area contributed by atoms with E-state index < -0.39 is 29.3 Å². The average molecular weight is 547 g/mol. The molecular formula is C30H27FN2O5S. The molecule has 0 aliphatic carbocycles. The molecule has 2 heterocycles. The number of anilines is 1. The number of aromatic nitrogens is 1. The van der Waals surface area contributed by atoms with Crippen LogP contribution in [0.15, 0.2) is 72.3 Å². The molecule has 200 valence electrons. The van der Waals surface area contributed by atoms with Gasteiger partial charge in [-0.25, -0.2) is 9.37 Å². The summed E-state index contributed by atoms with van der Waals surface area (Å²) >= 11 is 1.24. The highest BCUT2D eigenvalue weighted by molar-refractivity contribution is 7.22. The molecule has 0 bridgehead atoms. The molecule has 1 aromatic heterocycles. The number of rotatable bonds is 9. The van der Waals surface area contributed by atoms with Gasteiger partial charge in [-0.05, 0) is 66.6 Å². The van der Waals surface area contributed by atoms with Crippen LogP contribution in [0.3, 0.4) is 0 Å². The van der Waals surface area contributed by atoms with Gasteiger partial charge in [0.15, 0.2) is 5.13 Å². The van der Waals surface area contributed by atoms with Crippen LogP contribution in [-0.4, -0.2) is 35.5 Å². The lowest BCUT2D eigenvalue weighted by atomic mass is 9.95. The molecule has 0 spiro atoms. The van der Waals surface area contributed by atoms with Crippen molar-refractivity contribution < 1.29 is 28.6 Å². The van der Waals surface area contributed by atoms with Gasteiger partial charge in [0.05, 0.1) is 35.5 Å². The number of amides is 1. The number of aliphatic hydroxyl groups excluding tert-OH is 1. The number of carbonyl (C=O) groups is 2. The van der Waals surface area contributed by atoms with Crippen LogP contribution in [0.1, 0.15) is 43.4 Å². The molecule has 1 aliphatic rings. The summed E-state index contributed by atoms with van der Waals surface area (Å²) in [7, 11) is 1.56. The molecule has 1 amide bonds. The Morgan fingerprint density at radius 1 is 1.05 bits per heavy atom. The number of fused-ring (bicyclic) bond motifs is 1. The van der Waals surface area contributed by atoms with E-state index in [0.717, 1.165) is 24.0 Å². The van der Waals surface area contributed by atoms with E-state index >= 15 is 0 Å². The monoisotopic (exact) mass is 546 g/mol. The van der Waals surface area contributed by atoms with Crippen molar-refractivity contribution in [1.29, 1.82) is 0 Å². The Labute approximate surface area is 229 Å². The van der Waals surface area contributed by atoms with Crippen molar-refractivity contribution in [1.82, 2.24) is 4.98 Å². The van der Waals surface area contributed by atoms with Crippen LogP contribution < -0.4 is 14.4 Å². The predicted octanol–water partition coefficient (Wildman–Crippen LogP) is 6.64. The van der Waals surface area contributed by atoms with Gasteiger partial charge in [0, 0.05) is 5.56 Å². The van der Waals surface area contributed by atoms with E-state index in [2.05, 4.69) is 11.9 Å². The van der Waals surface area contributed by atoms with E-state index in [1.54, 1.807) is 37.4 Å². The van der Waals surface area contributed by atoms with Gasteiger partial charge in [-0.3, -0.25) is 14.5 Å². The summed E-state index contributed by atoms with van der Waals surface area (Å²) in [5.74, 6) is -1.32. The van der Waals surface area contributed by atoms with Gasteiger partial charge in [-0.1, -0.05) is 43.2 Å². The Kier molecular flexibility index (Phi) is 7.60. The van der Waals surface area contributed by atoms with Crippen molar-refractivity contribution in [2.45, 2.75) is 32.2 Å². The molecule has 1 N–H and O–H groups in total. The smallest absolute Gasteiger partial charge is 0.301 e. The fourth-order valence-corrected chi connectivity index (χ4v) is 5.57. The molecule has 4 aromatic rings. The van der Waals surface area contributed by atoms with Crippen LogP contribution in [0.4, 0.5) is 9.52 Å². The minimum atomic E-state index is -0.975. The maximum absolute atomic E-state index is 13.6. The van der Waals surface area contributed by atoms with E-state index in [1.165, 1.54) is 40.5 Å². The topological polar surface area (TPSA) is 89.0 Å². The van der Waals surface area contributed by atoms with Gasteiger partial charge in [-0.2, -0.15) is 0 Å². The molecule has 1 saturated heterocycles. The Hall–Kier alpha value is -4.24. The molecular weight excluding hydrogens is 519 g/mol. The maximum atomic E-state index is 13.6. The highest BCUT2D eigenvalue weighted by Crippen LogP contribution is 2.45. The number of aliphatic hydroxyl groups is 1. The van der Waals surface area contributed by atoms with Crippen molar-refractivity contribution in [3.63, 3.8) is 0 Å². The van der Waals surface area contributed by atoms with Gasteiger partial charge in [0.1, 0.15) is 23.1 Å². The second-order valence-electron chi connectivity index (χ2n) is 9.13. The van der Waals surface area contributed by atoms with Crippen LogP contribution in [0, 0.1) is 5.82 Å². The molecule has 0 radical (unpaired) electrons. The number of methoxy groups -OCH3 is 1. The first kappa shape index (κ1) is 26.4. The van der Waals surface area contributed by atoms with Gasteiger partial charge < -0.3 is 14.6 Å². The summed E-state index contributed by atoms with van der Waals surface area (Å²) in [5.41, 5.74) is 1.33. The first-order valence-electron chi connectivity index (χ1n) is 12.7.